The highest BCUT2D eigenvalue weighted by Gasteiger charge is 2.54. The fraction of sp³-hybridized carbons (Fsp3) is 0.375. The predicted octanol–water partition coefficient (Wildman–Crippen LogP) is 6.47. The molecule has 6 aliphatic rings. The fourth-order valence-electron chi connectivity index (χ4n) is 11.6. The van der Waals surface area contributed by atoms with E-state index in [9.17, 15) is 33.6 Å². The molecule has 6 amide bonds. The molecule has 2 fully saturated rings. The van der Waals surface area contributed by atoms with E-state index in [-0.39, 0.29) is 68.0 Å². The van der Waals surface area contributed by atoms with E-state index in [1.54, 1.807) is 48.3 Å². The van der Waals surface area contributed by atoms with Gasteiger partial charge in [0.05, 0.1) is 33.5 Å². The number of carbonyl (C=O) groups excluding carboxylic acids is 7. The molecular formula is C56H55N5O12. The van der Waals surface area contributed by atoms with Crippen LogP contribution in [0.15, 0.2) is 81.6 Å². The first-order valence-corrected chi connectivity index (χ1v) is 24.6. The van der Waals surface area contributed by atoms with Gasteiger partial charge in [-0.05, 0) is 146 Å². The Balaban J connectivity index is 0.000000160. The number of nitrogens with one attached hydrogen (secondary N) is 2. The highest BCUT2D eigenvalue weighted by molar-refractivity contribution is 6.11. The third-order valence-corrected chi connectivity index (χ3v) is 15.3. The number of rotatable bonds is 10. The monoisotopic (exact) mass is 989 g/mol. The van der Waals surface area contributed by atoms with Gasteiger partial charge in [-0.1, -0.05) is 12.1 Å². The molecule has 0 radical (unpaired) electrons. The van der Waals surface area contributed by atoms with E-state index in [0.717, 1.165) is 64.3 Å². The first-order valence-electron chi connectivity index (χ1n) is 24.6. The third kappa shape index (κ3) is 8.28. The van der Waals surface area contributed by atoms with Gasteiger partial charge < -0.3 is 38.6 Å². The Labute approximate surface area is 419 Å². The highest BCUT2D eigenvalue weighted by atomic mass is 16.6. The van der Waals surface area contributed by atoms with Crippen molar-refractivity contribution < 1.29 is 56.6 Å². The molecule has 4 N–H and O–H groups in total. The standard InChI is InChI=1S/C31H32N2O7.C25H23N3O5/c1-30(2,3)40-27(35)11-18-6-5-17-9-20-10-25(39-24(20)13-22(17)18)31(14-26(34)32-29(31)37)16-33-15-19-7-8-21(38-4)12-23(19)28(33)36;1-32-16-4-2-14-11-28(23(30)18(14)8-16)12-25(10-22(29)27-24(25)31)21-7-15-6-13-3-5-19(26)17(13)9-20(15)33-21/h7-10,12-13,18H,5-6,11,14-16H2,1-4H3,(H,32,34,37);2,4,6-9,19H,3,5,10-12,26H2,1H3,(H,27,29,31)/t18-,31-;19-,25+/m10/s1. The molecule has 376 valence electrons. The smallest absolute Gasteiger partial charge is 0.306 e. The number of methoxy groups -OCH3 is 2. The summed E-state index contributed by atoms with van der Waals surface area (Å²) in [5.41, 5.74) is 11.4. The Morgan fingerprint density at radius 1 is 0.658 bits per heavy atom. The van der Waals surface area contributed by atoms with Crippen molar-refractivity contribution in [1.29, 1.82) is 0 Å². The number of imide groups is 2. The normalized spacial score (nSPS) is 22.9. The van der Waals surface area contributed by atoms with E-state index in [4.69, 9.17) is 28.8 Å². The van der Waals surface area contributed by atoms with Gasteiger partial charge in [-0.15, -0.1) is 0 Å². The van der Waals surface area contributed by atoms with Gasteiger partial charge in [0.15, 0.2) is 0 Å². The van der Waals surface area contributed by atoms with Crippen molar-refractivity contribution in [3.63, 3.8) is 0 Å². The van der Waals surface area contributed by atoms with Gasteiger partial charge >= 0.3 is 5.97 Å². The van der Waals surface area contributed by atoms with Crippen LogP contribution in [0.5, 0.6) is 11.5 Å². The van der Waals surface area contributed by atoms with Crippen LogP contribution < -0.4 is 25.8 Å². The zero-order chi connectivity index (χ0) is 51.3. The largest absolute Gasteiger partial charge is 0.497 e. The lowest BCUT2D eigenvalue weighted by atomic mass is 9.82. The second-order valence-corrected chi connectivity index (χ2v) is 21.2. The minimum atomic E-state index is -1.35. The first-order chi connectivity index (χ1) is 34.8. The minimum Gasteiger partial charge on any atom is -0.497 e. The second kappa shape index (κ2) is 17.5. The molecule has 6 aromatic rings. The molecular weight excluding hydrogens is 935 g/mol. The number of fused-ring (bicyclic) bond motifs is 6. The molecule has 2 aliphatic carbocycles. The van der Waals surface area contributed by atoms with Crippen LogP contribution in [0.2, 0.25) is 0 Å². The Morgan fingerprint density at radius 3 is 1.60 bits per heavy atom. The number of hydrogen-bond donors (Lipinski definition) is 3. The van der Waals surface area contributed by atoms with Gasteiger partial charge in [0.1, 0.15) is 50.6 Å². The SMILES string of the molecule is COc1ccc2c(c1)C(=O)N(C[C@@]1(c3cc4cc5c(cc4o3)[C@@H](CC(=O)OC(C)(C)C)CC5)CC(=O)NC1=O)C2.COc1ccc2c(c1)C(=O)N(C[C@@]1(c3cc4cc5c(cc4o3)[C@@H](N)CC5)CC(=O)NC1=O)C2. The number of hydrogen-bond acceptors (Lipinski definition) is 13. The molecule has 2 aromatic heterocycles. The molecule has 2 saturated heterocycles. The summed E-state index contributed by atoms with van der Waals surface area (Å²) in [6, 6.07) is 22.3. The molecule has 4 atom stereocenters. The van der Waals surface area contributed by atoms with Gasteiger partial charge in [0.25, 0.3) is 11.8 Å². The molecule has 0 spiro atoms. The number of carbonyl (C=O) groups is 7. The van der Waals surface area contributed by atoms with E-state index >= 15 is 0 Å². The lowest BCUT2D eigenvalue weighted by molar-refractivity contribution is -0.155. The predicted molar refractivity (Wildman–Crippen MR) is 264 cm³/mol. The molecule has 4 aliphatic heterocycles. The molecule has 6 heterocycles. The maximum Gasteiger partial charge on any atom is 0.306 e. The van der Waals surface area contributed by atoms with Crippen molar-refractivity contribution in [2.24, 2.45) is 5.73 Å². The summed E-state index contributed by atoms with van der Waals surface area (Å²) in [6.45, 7) is 6.28. The van der Waals surface area contributed by atoms with Crippen molar-refractivity contribution in [1.82, 2.24) is 20.4 Å². The maximum absolute atomic E-state index is 13.3. The van der Waals surface area contributed by atoms with Crippen LogP contribution in [0, 0.1) is 0 Å². The average Bonchev–Trinajstić information content (AvgIpc) is 4.25. The van der Waals surface area contributed by atoms with Gasteiger partial charge in [0.2, 0.25) is 23.6 Å². The van der Waals surface area contributed by atoms with Crippen LogP contribution >= 0.6 is 0 Å². The number of nitrogens with zero attached hydrogens (tertiary/aromatic N) is 2. The molecule has 0 saturated carbocycles. The molecule has 73 heavy (non-hydrogen) atoms. The van der Waals surface area contributed by atoms with Crippen LogP contribution in [0.4, 0.5) is 0 Å². The lowest BCUT2D eigenvalue weighted by Crippen LogP contribution is -2.46. The van der Waals surface area contributed by atoms with Gasteiger partial charge in [-0.25, -0.2) is 0 Å². The second-order valence-electron chi connectivity index (χ2n) is 21.2. The number of esters is 1. The Morgan fingerprint density at radius 2 is 1.14 bits per heavy atom. The summed E-state index contributed by atoms with van der Waals surface area (Å²) >= 11 is 0. The van der Waals surface area contributed by atoms with Crippen molar-refractivity contribution in [3.05, 3.63) is 129 Å². The zero-order valence-electron chi connectivity index (χ0n) is 41.2. The minimum absolute atomic E-state index is 0.00120. The number of aryl methyl sites for hydroxylation is 2. The first kappa shape index (κ1) is 47.5. The van der Waals surface area contributed by atoms with Gasteiger partial charge in [-0.3, -0.25) is 44.2 Å². The van der Waals surface area contributed by atoms with Gasteiger partial charge in [0, 0.05) is 54.1 Å². The zero-order valence-corrected chi connectivity index (χ0v) is 41.2. The van der Waals surface area contributed by atoms with E-state index in [2.05, 4.69) is 16.7 Å². The van der Waals surface area contributed by atoms with E-state index in [1.807, 2.05) is 63.2 Å². The van der Waals surface area contributed by atoms with Crippen molar-refractivity contribution in [2.75, 3.05) is 27.3 Å². The molecule has 12 rings (SSSR count). The van der Waals surface area contributed by atoms with Gasteiger partial charge in [-0.2, -0.15) is 0 Å². The topological polar surface area (TPSA) is 230 Å². The van der Waals surface area contributed by atoms with E-state index < -0.39 is 34.2 Å². The Bertz CT molecular complexity index is 3380. The van der Waals surface area contributed by atoms with Crippen LogP contribution in [-0.4, -0.2) is 84.1 Å². The van der Waals surface area contributed by atoms with E-state index in [1.165, 1.54) is 5.56 Å². The Kier molecular flexibility index (Phi) is 11.4. The average molecular weight is 990 g/mol. The molecule has 4 aromatic carbocycles. The number of ether oxygens (including phenoxy) is 3. The summed E-state index contributed by atoms with van der Waals surface area (Å²) in [5.74, 6) is -0.442. The summed E-state index contributed by atoms with van der Waals surface area (Å²) in [7, 11) is 3.09. The highest BCUT2D eigenvalue weighted by Crippen LogP contribution is 2.45. The van der Waals surface area contributed by atoms with Crippen LogP contribution in [0.3, 0.4) is 0 Å². The summed E-state index contributed by atoms with van der Waals surface area (Å²) in [5, 5.41) is 6.52. The maximum atomic E-state index is 13.3. The van der Waals surface area contributed by atoms with Crippen molar-refractivity contribution in [2.45, 2.75) is 107 Å². The van der Waals surface area contributed by atoms with Crippen molar-refractivity contribution in [3.8, 4) is 11.5 Å². The lowest BCUT2D eigenvalue weighted by Gasteiger charge is -2.28. The molecule has 0 bridgehead atoms. The number of furan rings is 2. The fourth-order valence-corrected chi connectivity index (χ4v) is 11.6. The summed E-state index contributed by atoms with van der Waals surface area (Å²) in [4.78, 5) is 93.5. The van der Waals surface area contributed by atoms with Crippen LogP contribution in [-0.2, 0) is 65.5 Å². The number of nitrogens with two attached hydrogens (primary N) is 1. The summed E-state index contributed by atoms with van der Waals surface area (Å²) in [6.07, 6.45) is 3.57. The van der Waals surface area contributed by atoms with Crippen LogP contribution in [0.1, 0.15) is 130 Å². The van der Waals surface area contributed by atoms with E-state index in [0.29, 0.717) is 58.4 Å². The summed E-state index contributed by atoms with van der Waals surface area (Å²) < 4.78 is 28.5. The molecule has 0 unspecified atom stereocenters. The number of amides is 6. The van der Waals surface area contributed by atoms with Crippen molar-refractivity contribution >= 4 is 63.4 Å². The Hall–Kier alpha value is -7.79. The molecule has 17 nitrogen and oxygen atoms in total. The quantitative estimate of drug-likeness (QED) is 0.0989. The third-order valence-electron chi connectivity index (χ3n) is 15.3. The number of benzene rings is 4. The van der Waals surface area contributed by atoms with Crippen LogP contribution in [0.25, 0.3) is 21.9 Å². The molecule has 17 heteroatoms.